The van der Waals surface area contributed by atoms with Gasteiger partial charge in [0.25, 0.3) is 0 Å². The van der Waals surface area contributed by atoms with Gasteiger partial charge in [-0.25, -0.2) is 4.79 Å². The van der Waals surface area contributed by atoms with E-state index in [2.05, 4.69) is 5.32 Å². The summed E-state index contributed by atoms with van der Waals surface area (Å²) in [5.41, 5.74) is 2.29. The van der Waals surface area contributed by atoms with Crippen LogP contribution in [0.3, 0.4) is 0 Å². The van der Waals surface area contributed by atoms with Gasteiger partial charge in [0.1, 0.15) is 0 Å². The lowest BCUT2D eigenvalue weighted by molar-refractivity contribution is -0.133. The van der Waals surface area contributed by atoms with E-state index in [4.69, 9.17) is 5.11 Å². The Balaban J connectivity index is 1.76. The number of carbonyl (C=O) groups excluding carboxylic acids is 1. The molecule has 1 fully saturated rings. The zero-order chi connectivity index (χ0) is 13.4. The third kappa shape index (κ3) is 2.21. The Hall–Kier alpha value is -1.88. The van der Waals surface area contributed by atoms with E-state index in [1.807, 2.05) is 6.07 Å². The van der Waals surface area contributed by atoms with Gasteiger partial charge in [-0.05, 0) is 42.6 Å². The fourth-order valence-electron chi connectivity index (χ4n) is 2.80. The van der Waals surface area contributed by atoms with E-state index in [9.17, 15) is 9.59 Å². The van der Waals surface area contributed by atoms with Gasteiger partial charge in [0.2, 0.25) is 5.91 Å². The number of hydrogen-bond donors (Lipinski definition) is 2. The van der Waals surface area contributed by atoms with Crippen LogP contribution < -0.4 is 5.32 Å². The molecule has 0 bridgehead atoms. The number of benzene rings is 1. The Kier molecular flexibility index (Phi) is 2.98. The molecule has 1 aromatic carbocycles. The quantitative estimate of drug-likeness (QED) is 0.831. The highest BCUT2D eigenvalue weighted by atomic mass is 16.4. The fourth-order valence-corrected chi connectivity index (χ4v) is 2.80. The summed E-state index contributed by atoms with van der Waals surface area (Å²) >= 11 is 0. The Labute approximate surface area is 111 Å². The van der Waals surface area contributed by atoms with Crippen LogP contribution in [0.4, 0.5) is 0 Å². The smallest absolute Gasteiger partial charge is 0.335 e. The molecule has 3 rings (SSSR count). The average Bonchev–Trinajstić information content (AvgIpc) is 3.06. The molecule has 19 heavy (non-hydrogen) atoms. The molecular weight excluding hydrogens is 244 g/mol. The number of aromatic carboxylic acids is 1. The fraction of sp³-hybridized carbons (Fsp3) is 0.429. The third-order valence-corrected chi connectivity index (χ3v) is 3.85. The van der Waals surface area contributed by atoms with Gasteiger partial charge in [-0.2, -0.15) is 0 Å². The van der Waals surface area contributed by atoms with E-state index < -0.39 is 5.97 Å². The largest absolute Gasteiger partial charge is 0.478 e. The Bertz CT molecular complexity index is 535. The molecular formula is C14H16N2O3. The van der Waals surface area contributed by atoms with E-state index in [-0.39, 0.29) is 17.5 Å². The number of carbonyl (C=O) groups is 2. The molecule has 5 nitrogen and oxygen atoms in total. The molecule has 2 aliphatic heterocycles. The monoisotopic (exact) mass is 260 g/mol. The number of carboxylic acid groups (broad SMARTS) is 1. The van der Waals surface area contributed by atoms with Gasteiger partial charge in [0.15, 0.2) is 0 Å². The maximum atomic E-state index is 12.3. The molecule has 1 atom stereocenters. The summed E-state index contributed by atoms with van der Waals surface area (Å²) in [6.07, 6.45) is 1.94. The lowest BCUT2D eigenvalue weighted by Gasteiger charge is -2.19. The second-order valence-electron chi connectivity index (χ2n) is 5.13. The second kappa shape index (κ2) is 4.66. The van der Waals surface area contributed by atoms with Crippen molar-refractivity contribution < 1.29 is 14.7 Å². The SMILES string of the molecule is O=C(O)c1ccc2c(c1)CN(C(=O)[C@H]1CCCN1)C2. The van der Waals surface area contributed by atoms with Crippen molar-refractivity contribution in [2.45, 2.75) is 32.0 Å². The van der Waals surface area contributed by atoms with Crippen LogP contribution in [0.5, 0.6) is 0 Å². The molecule has 1 aromatic rings. The molecule has 2 aliphatic rings. The van der Waals surface area contributed by atoms with Crippen molar-refractivity contribution in [3.05, 3.63) is 34.9 Å². The van der Waals surface area contributed by atoms with Crippen LogP contribution in [0.15, 0.2) is 18.2 Å². The summed E-state index contributed by atoms with van der Waals surface area (Å²) in [6.45, 7) is 2.01. The zero-order valence-corrected chi connectivity index (χ0v) is 10.6. The predicted octanol–water partition coefficient (Wildman–Crippen LogP) is 0.979. The lowest BCUT2D eigenvalue weighted by Crippen LogP contribution is -2.40. The molecule has 1 amide bonds. The highest BCUT2D eigenvalue weighted by Crippen LogP contribution is 2.25. The Morgan fingerprint density at radius 1 is 1.26 bits per heavy atom. The first kappa shape index (κ1) is 12.2. The van der Waals surface area contributed by atoms with Crippen LogP contribution in [0.2, 0.25) is 0 Å². The first-order valence-corrected chi connectivity index (χ1v) is 6.52. The van der Waals surface area contributed by atoms with Crippen molar-refractivity contribution in [1.29, 1.82) is 0 Å². The van der Waals surface area contributed by atoms with Crippen molar-refractivity contribution in [3.8, 4) is 0 Å². The molecule has 0 spiro atoms. The molecule has 0 aromatic heterocycles. The van der Waals surface area contributed by atoms with Gasteiger partial charge < -0.3 is 15.3 Å². The first-order chi connectivity index (χ1) is 9.15. The Morgan fingerprint density at radius 3 is 2.74 bits per heavy atom. The molecule has 2 N–H and O–H groups in total. The van der Waals surface area contributed by atoms with E-state index >= 15 is 0 Å². The lowest BCUT2D eigenvalue weighted by atomic mass is 10.1. The highest BCUT2D eigenvalue weighted by Gasteiger charge is 2.30. The van der Waals surface area contributed by atoms with E-state index in [0.717, 1.165) is 30.5 Å². The van der Waals surface area contributed by atoms with Crippen LogP contribution in [-0.2, 0) is 17.9 Å². The van der Waals surface area contributed by atoms with Crippen molar-refractivity contribution in [2.24, 2.45) is 0 Å². The van der Waals surface area contributed by atoms with Crippen LogP contribution in [0.25, 0.3) is 0 Å². The van der Waals surface area contributed by atoms with Crippen LogP contribution in [-0.4, -0.2) is 34.5 Å². The van der Waals surface area contributed by atoms with Gasteiger partial charge >= 0.3 is 5.97 Å². The summed E-state index contributed by atoms with van der Waals surface area (Å²) in [7, 11) is 0. The average molecular weight is 260 g/mol. The molecule has 0 aliphatic carbocycles. The molecule has 2 heterocycles. The molecule has 0 saturated carbocycles. The standard InChI is InChI=1S/C14H16N2O3/c17-13(12-2-1-5-15-12)16-7-10-4-3-9(14(18)19)6-11(10)8-16/h3-4,6,12,15H,1-2,5,7-8H2,(H,18,19)/t12-/m1/s1. The number of amides is 1. The number of carboxylic acids is 1. The van der Waals surface area contributed by atoms with Crippen LogP contribution in [0.1, 0.15) is 34.3 Å². The summed E-state index contributed by atoms with van der Waals surface area (Å²) in [5.74, 6) is -0.796. The molecule has 1 saturated heterocycles. The molecule has 0 radical (unpaired) electrons. The van der Waals surface area contributed by atoms with Gasteiger partial charge in [-0.3, -0.25) is 4.79 Å². The first-order valence-electron chi connectivity index (χ1n) is 6.52. The summed E-state index contributed by atoms with van der Waals surface area (Å²) in [4.78, 5) is 25.0. The minimum atomic E-state index is -0.926. The number of fused-ring (bicyclic) bond motifs is 1. The summed E-state index contributed by atoms with van der Waals surface area (Å²) in [5, 5.41) is 12.2. The zero-order valence-electron chi connectivity index (χ0n) is 10.6. The maximum Gasteiger partial charge on any atom is 0.335 e. The van der Waals surface area contributed by atoms with Crippen molar-refractivity contribution >= 4 is 11.9 Å². The van der Waals surface area contributed by atoms with E-state index in [1.54, 1.807) is 17.0 Å². The summed E-state index contributed by atoms with van der Waals surface area (Å²) < 4.78 is 0. The normalized spacial score (nSPS) is 21.5. The van der Waals surface area contributed by atoms with E-state index in [1.165, 1.54) is 0 Å². The minimum absolute atomic E-state index is 0.0618. The minimum Gasteiger partial charge on any atom is -0.478 e. The van der Waals surface area contributed by atoms with Gasteiger partial charge in [-0.1, -0.05) is 6.07 Å². The number of nitrogens with zero attached hydrogens (tertiary/aromatic N) is 1. The van der Waals surface area contributed by atoms with Crippen molar-refractivity contribution in [2.75, 3.05) is 6.54 Å². The van der Waals surface area contributed by atoms with Crippen molar-refractivity contribution in [3.63, 3.8) is 0 Å². The van der Waals surface area contributed by atoms with E-state index in [0.29, 0.717) is 13.1 Å². The van der Waals surface area contributed by atoms with Gasteiger partial charge in [-0.15, -0.1) is 0 Å². The number of nitrogens with one attached hydrogen (secondary N) is 1. The van der Waals surface area contributed by atoms with Gasteiger partial charge in [0, 0.05) is 13.1 Å². The van der Waals surface area contributed by atoms with Gasteiger partial charge in [0.05, 0.1) is 11.6 Å². The highest BCUT2D eigenvalue weighted by molar-refractivity contribution is 5.88. The molecule has 0 unspecified atom stereocenters. The third-order valence-electron chi connectivity index (χ3n) is 3.85. The summed E-state index contributed by atoms with van der Waals surface area (Å²) in [6, 6.07) is 5.03. The topological polar surface area (TPSA) is 69.6 Å². The maximum absolute atomic E-state index is 12.3. The van der Waals surface area contributed by atoms with Crippen LogP contribution in [0, 0.1) is 0 Å². The number of hydrogen-bond acceptors (Lipinski definition) is 3. The molecule has 5 heteroatoms. The van der Waals surface area contributed by atoms with Crippen molar-refractivity contribution in [1.82, 2.24) is 10.2 Å². The molecule has 100 valence electrons. The van der Waals surface area contributed by atoms with Crippen LogP contribution >= 0.6 is 0 Å². The Morgan fingerprint density at radius 2 is 2.05 bits per heavy atom. The second-order valence-corrected chi connectivity index (χ2v) is 5.13. The predicted molar refractivity (Wildman–Crippen MR) is 68.7 cm³/mol. The number of rotatable bonds is 2.